The van der Waals surface area contributed by atoms with Crippen LogP contribution in [0.4, 0.5) is 13.2 Å². The summed E-state index contributed by atoms with van der Waals surface area (Å²) in [5.41, 5.74) is -3.06. The van der Waals surface area contributed by atoms with E-state index in [1.807, 2.05) is 0 Å². The first-order valence-electron chi connectivity index (χ1n) is 10.0. The third-order valence-electron chi connectivity index (χ3n) is 5.45. The van der Waals surface area contributed by atoms with Gasteiger partial charge in [0.25, 0.3) is 10.0 Å². The topological polar surface area (TPSA) is 109 Å². The molecule has 0 saturated heterocycles. The molecule has 13 heteroatoms. The van der Waals surface area contributed by atoms with Crippen LogP contribution in [0.5, 0.6) is 0 Å². The van der Waals surface area contributed by atoms with E-state index < -0.39 is 55.9 Å². The predicted molar refractivity (Wildman–Crippen MR) is 126 cm³/mol. The van der Waals surface area contributed by atoms with E-state index in [1.54, 1.807) is 6.07 Å². The lowest BCUT2D eigenvalue weighted by Crippen LogP contribution is -2.20. The van der Waals surface area contributed by atoms with Crippen molar-refractivity contribution in [1.82, 2.24) is 8.96 Å². The zero-order valence-electron chi connectivity index (χ0n) is 18.1. The SMILES string of the molecule is Cc1cc(C(F)(F)F)nc2c1cc(C(O)c1c(Cl)ccc(C(=O)O)c1Cl)n2S(=O)(=O)c1ccccc1. The van der Waals surface area contributed by atoms with Crippen molar-refractivity contribution in [2.45, 2.75) is 24.1 Å². The minimum absolute atomic E-state index is 0.0122. The number of alkyl halides is 3. The molecule has 0 aliphatic heterocycles. The minimum atomic E-state index is -4.88. The Hall–Kier alpha value is -3.12. The maximum atomic E-state index is 13.7. The van der Waals surface area contributed by atoms with Crippen LogP contribution < -0.4 is 0 Å². The summed E-state index contributed by atoms with van der Waals surface area (Å²) in [6.45, 7) is 1.33. The molecular weight excluding hydrogens is 544 g/mol. The number of pyridine rings is 1. The van der Waals surface area contributed by atoms with Crippen LogP contribution in [0.3, 0.4) is 0 Å². The number of aromatic nitrogens is 2. The molecule has 7 nitrogen and oxygen atoms in total. The van der Waals surface area contributed by atoms with E-state index in [4.69, 9.17) is 23.2 Å². The molecule has 4 aromatic rings. The molecule has 1 unspecified atom stereocenters. The maximum Gasteiger partial charge on any atom is 0.433 e. The van der Waals surface area contributed by atoms with Gasteiger partial charge in [-0.3, -0.25) is 0 Å². The van der Waals surface area contributed by atoms with E-state index in [1.165, 1.54) is 31.2 Å². The van der Waals surface area contributed by atoms with Crippen molar-refractivity contribution in [3.05, 3.63) is 92.7 Å². The van der Waals surface area contributed by atoms with Crippen LogP contribution in [-0.4, -0.2) is 33.6 Å². The van der Waals surface area contributed by atoms with Gasteiger partial charge in [0.2, 0.25) is 0 Å². The van der Waals surface area contributed by atoms with Crippen LogP contribution in [0.1, 0.15) is 39.0 Å². The Morgan fingerprint density at radius 3 is 2.31 bits per heavy atom. The molecule has 0 amide bonds. The Morgan fingerprint density at radius 1 is 1.08 bits per heavy atom. The summed E-state index contributed by atoms with van der Waals surface area (Å²) in [5.74, 6) is -1.44. The van der Waals surface area contributed by atoms with Gasteiger partial charge in [0, 0.05) is 16.0 Å². The summed E-state index contributed by atoms with van der Waals surface area (Å²) >= 11 is 12.4. The van der Waals surface area contributed by atoms with E-state index in [-0.39, 0.29) is 26.4 Å². The minimum Gasteiger partial charge on any atom is -0.478 e. The molecule has 0 radical (unpaired) electrons. The number of carbonyl (C=O) groups is 1. The fraction of sp³-hybridized carbons (Fsp3) is 0.130. The number of hydrogen-bond acceptors (Lipinski definition) is 5. The van der Waals surface area contributed by atoms with E-state index in [0.29, 0.717) is 3.97 Å². The molecule has 2 aromatic carbocycles. The van der Waals surface area contributed by atoms with Crippen LogP contribution in [0.25, 0.3) is 11.0 Å². The molecule has 188 valence electrons. The van der Waals surface area contributed by atoms with Crippen LogP contribution in [-0.2, 0) is 16.2 Å². The summed E-state index contributed by atoms with van der Waals surface area (Å²) in [4.78, 5) is 14.8. The summed E-state index contributed by atoms with van der Waals surface area (Å²) in [5, 5.41) is 20.0. The number of aromatic carboxylic acids is 1. The van der Waals surface area contributed by atoms with Gasteiger partial charge in [-0.1, -0.05) is 41.4 Å². The fourth-order valence-electron chi connectivity index (χ4n) is 3.75. The average molecular weight is 559 g/mol. The van der Waals surface area contributed by atoms with Crippen molar-refractivity contribution >= 4 is 50.2 Å². The van der Waals surface area contributed by atoms with Crippen molar-refractivity contribution < 1.29 is 36.6 Å². The first-order valence-corrected chi connectivity index (χ1v) is 12.2. The van der Waals surface area contributed by atoms with Crippen LogP contribution in [0, 0.1) is 6.92 Å². The van der Waals surface area contributed by atoms with Gasteiger partial charge in [-0.25, -0.2) is 22.2 Å². The Bertz CT molecular complexity index is 1620. The molecule has 0 bridgehead atoms. The quantitative estimate of drug-likeness (QED) is 0.325. The van der Waals surface area contributed by atoms with E-state index in [9.17, 15) is 36.6 Å². The second kappa shape index (κ2) is 9.07. The first-order chi connectivity index (χ1) is 16.7. The second-order valence-electron chi connectivity index (χ2n) is 7.74. The maximum absolute atomic E-state index is 13.7. The van der Waals surface area contributed by atoms with Crippen molar-refractivity contribution in [2.24, 2.45) is 0 Å². The van der Waals surface area contributed by atoms with Gasteiger partial charge >= 0.3 is 12.1 Å². The van der Waals surface area contributed by atoms with Gasteiger partial charge in [-0.05, 0) is 48.9 Å². The smallest absolute Gasteiger partial charge is 0.433 e. The molecule has 1 atom stereocenters. The van der Waals surface area contributed by atoms with Gasteiger partial charge in [0.05, 0.1) is 21.2 Å². The van der Waals surface area contributed by atoms with Gasteiger partial charge in [-0.15, -0.1) is 0 Å². The predicted octanol–water partition coefficient (Wildman–Crippen LogP) is 5.69. The summed E-state index contributed by atoms with van der Waals surface area (Å²) in [6, 6.07) is 11.0. The highest BCUT2D eigenvalue weighted by molar-refractivity contribution is 7.90. The number of carboxylic acids is 1. The van der Waals surface area contributed by atoms with Gasteiger partial charge < -0.3 is 10.2 Å². The van der Waals surface area contributed by atoms with Crippen molar-refractivity contribution in [1.29, 1.82) is 0 Å². The number of fused-ring (bicyclic) bond motifs is 1. The lowest BCUT2D eigenvalue weighted by Gasteiger charge is -2.19. The monoisotopic (exact) mass is 558 g/mol. The Kier molecular flexibility index (Phi) is 6.54. The molecule has 36 heavy (non-hydrogen) atoms. The number of aliphatic hydroxyl groups is 1. The summed E-state index contributed by atoms with van der Waals surface area (Å²) in [7, 11) is -4.61. The molecule has 0 spiro atoms. The number of nitrogens with zero attached hydrogens (tertiary/aromatic N) is 2. The van der Waals surface area contributed by atoms with Gasteiger partial charge in [-0.2, -0.15) is 13.2 Å². The molecule has 0 aliphatic carbocycles. The van der Waals surface area contributed by atoms with E-state index in [2.05, 4.69) is 4.98 Å². The summed E-state index contributed by atoms with van der Waals surface area (Å²) < 4.78 is 68.4. The molecule has 2 aromatic heterocycles. The lowest BCUT2D eigenvalue weighted by atomic mass is 10.0. The molecule has 4 rings (SSSR count). The molecular formula is C23H15Cl2F3N2O5S. The first kappa shape index (κ1) is 26.0. The van der Waals surface area contributed by atoms with E-state index >= 15 is 0 Å². The highest BCUT2D eigenvalue weighted by atomic mass is 35.5. The fourth-order valence-corrected chi connectivity index (χ4v) is 5.91. The lowest BCUT2D eigenvalue weighted by molar-refractivity contribution is -0.141. The number of hydrogen-bond donors (Lipinski definition) is 2. The highest BCUT2D eigenvalue weighted by Gasteiger charge is 2.36. The molecule has 0 aliphatic rings. The molecule has 2 N–H and O–H groups in total. The normalized spacial score (nSPS) is 13.2. The average Bonchev–Trinajstić information content (AvgIpc) is 3.20. The summed E-state index contributed by atoms with van der Waals surface area (Å²) in [6.07, 6.45) is -6.84. The molecule has 0 saturated carbocycles. The third kappa shape index (κ3) is 4.32. The number of rotatable bonds is 5. The van der Waals surface area contributed by atoms with Gasteiger partial charge in [0.1, 0.15) is 11.8 Å². The number of halogens is 5. The highest BCUT2D eigenvalue weighted by Crippen LogP contribution is 2.40. The Labute approximate surface area is 212 Å². The third-order valence-corrected chi connectivity index (χ3v) is 7.92. The van der Waals surface area contributed by atoms with Crippen molar-refractivity contribution in [2.75, 3.05) is 0 Å². The van der Waals surface area contributed by atoms with Crippen molar-refractivity contribution in [3.63, 3.8) is 0 Å². The molecule has 0 fully saturated rings. The Morgan fingerprint density at radius 2 is 1.72 bits per heavy atom. The number of aryl methyl sites for hydroxylation is 1. The molecule has 2 heterocycles. The van der Waals surface area contributed by atoms with Crippen LogP contribution in [0.2, 0.25) is 10.0 Å². The number of benzene rings is 2. The van der Waals surface area contributed by atoms with Gasteiger partial charge in [0.15, 0.2) is 5.65 Å². The van der Waals surface area contributed by atoms with E-state index in [0.717, 1.165) is 24.3 Å². The zero-order valence-corrected chi connectivity index (χ0v) is 20.4. The second-order valence-corrected chi connectivity index (χ2v) is 10.3. The van der Waals surface area contributed by atoms with Crippen molar-refractivity contribution in [3.8, 4) is 0 Å². The van der Waals surface area contributed by atoms with Crippen LogP contribution in [0.15, 0.2) is 59.5 Å². The Balaban J connectivity index is 2.11. The zero-order chi connectivity index (χ0) is 26.6. The largest absolute Gasteiger partial charge is 0.478 e. The number of carboxylic acid groups (broad SMARTS) is 1. The standard InChI is InChI=1S/C23H15Cl2F3N2O5S/c1-11-9-17(23(26,27)28)29-21-14(11)10-16(30(21)36(34,35)12-5-3-2-4-6-12)20(31)18-15(24)8-7-13(19(18)25)22(32)33/h2-10,20,31H,1H3,(H,32,33). The van der Waals surface area contributed by atoms with Crippen LogP contribution >= 0.6 is 23.2 Å². The number of aliphatic hydroxyl groups excluding tert-OH is 1.